The molecule has 1 heterocycles. The molecule has 0 fully saturated rings. The molecule has 0 aliphatic rings. The summed E-state index contributed by atoms with van der Waals surface area (Å²) < 4.78 is 33.6. The fourth-order valence-corrected chi connectivity index (χ4v) is 3.87. The molecule has 0 amide bonds. The van der Waals surface area contributed by atoms with Crippen LogP contribution >= 0.6 is 11.6 Å². The number of methoxy groups -OCH3 is 1. The molecular weight excluding hydrogens is 392 g/mol. The van der Waals surface area contributed by atoms with Gasteiger partial charge in [0.25, 0.3) is 0 Å². The summed E-state index contributed by atoms with van der Waals surface area (Å²) >= 11 is 5.77. The summed E-state index contributed by atoms with van der Waals surface area (Å²) in [7, 11) is -0.563. The predicted molar refractivity (Wildman–Crippen MR) is 101 cm³/mol. The molecule has 27 heavy (non-hydrogen) atoms. The van der Waals surface area contributed by atoms with Crippen molar-refractivity contribution in [1.29, 1.82) is 0 Å². The zero-order valence-corrected chi connectivity index (χ0v) is 16.6. The lowest BCUT2D eigenvalue weighted by Gasteiger charge is -2.10. The molecule has 7 nitrogen and oxygen atoms in total. The van der Waals surface area contributed by atoms with Crippen molar-refractivity contribution in [3.05, 3.63) is 52.3 Å². The number of rotatable bonds is 9. The zero-order valence-electron chi connectivity index (χ0n) is 15.1. The molecule has 0 aliphatic heterocycles. The standard InChI is InChI=1S/C18H21ClN2O5S/c1-21-15(5-8-18(23)26-2)11-13(12-22)17(21)9-10-20-27(24,25)16-6-3-14(19)4-7-16/h3-4,6-7,11-12,20H,5,8-10H2,1-2H3. The lowest BCUT2D eigenvalue weighted by atomic mass is 10.2. The molecule has 2 rings (SSSR count). The number of carbonyl (C=O) groups excluding carboxylic acids is 2. The van der Waals surface area contributed by atoms with E-state index in [1.54, 1.807) is 13.1 Å². The number of benzene rings is 1. The average molecular weight is 413 g/mol. The minimum absolute atomic E-state index is 0.119. The molecule has 0 aliphatic carbocycles. The number of halogens is 1. The second-order valence-electron chi connectivity index (χ2n) is 5.89. The first kappa shape index (κ1) is 21.1. The van der Waals surface area contributed by atoms with Crippen LogP contribution in [0.15, 0.2) is 35.2 Å². The number of nitrogens with one attached hydrogen (secondary N) is 1. The number of aromatic nitrogens is 1. The number of ether oxygens (including phenoxy) is 1. The van der Waals surface area contributed by atoms with E-state index in [-0.39, 0.29) is 23.8 Å². The molecule has 0 saturated carbocycles. The van der Waals surface area contributed by atoms with Gasteiger partial charge < -0.3 is 9.30 Å². The van der Waals surface area contributed by atoms with Gasteiger partial charge >= 0.3 is 5.97 Å². The first-order valence-electron chi connectivity index (χ1n) is 8.23. The number of hydrogen-bond acceptors (Lipinski definition) is 5. The highest BCUT2D eigenvalue weighted by Crippen LogP contribution is 2.17. The highest BCUT2D eigenvalue weighted by molar-refractivity contribution is 7.89. The maximum Gasteiger partial charge on any atom is 0.305 e. The fraction of sp³-hybridized carbons (Fsp3) is 0.333. The summed E-state index contributed by atoms with van der Waals surface area (Å²) in [5.74, 6) is -0.332. The maximum absolute atomic E-state index is 12.3. The van der Waals surface area contributed by atoms with Crippen LogP contribution in [0.3, 0.4) is 0 Å². The third kappa shape index (κ3) is 5.41. The molecule has 146 valence electrons. The smallest absolute Gasteiger partial charge is 0.305 e. The topological polar surface area (TPSA) is 94.5 Å². The molecule has 1 aromatic heterocycles. The second-order valence-corrected chi connectivity index (χ2v) is 8.10. The lowest BCUT2D eigenvalue weighted by molar-refractivity contribution is -0.140. The summed E-state index contributed by atoms with van der Waals surface area (Å²) in [4.78, 5) is 22.8. The van der Waals surface area contributed by atoms with Crippen LogP contribution in [0.25, 0.3) is 0 Å². The molecule has 0 unspecified atom stereocenters. The van der Waals surface area contributed by atoms with E-state index in [2.05, 4.69) is 9.46 Å². The van der Waals surface area contributed by atoms with Gasteiger partial charge in [0, 0.05) is 42.0 Å². The van der Waals surface area contributed by atoms with E-state index in [1.807, 2.05) is 4.57 Å². The van der Waals surface area contributed by atoms with Gasteiger partial charge in [0.05, 0.1) is 18.4 Å². The van der Waals surface area contributed by atoms with Gasteiger partial charge in [-0.15, -0.1) is 0 Å². The number of hydrogen-bond donors (Lipinski definition) is 1. The number of sulfonamides is 1. The van der Waals surface area contributed by atoms with Gasteiger partial charge in [-0.1, -0.05) is 11.6 Å². The first-order valence-corrected chi connectivity index (χ1v) is 10.1. The van der Waals surface area contributed by atoms with Crippen LogP contribution in [0.1, 0.15) is 28.2 Å². The minimum Gasteiger partial charge on any atom is -0.469 e. The molecule has 9 heteroatoms. The molecule has 0 radical (unpaired) electrons. The van der Waals surface area contributed by atoms with E-state index in [4.69, 9.17) is 11.6 Å². The predicted octanol–water partition coefficient (Wildman–Crippen LogP) is 2.12. The number of esters is 1. The summed E-state index contributed by atoms with van der Waals surface area (Å²) in [5.41, 5.74) is 1.98. The van der Waals surface area contributed by atoms with Crippen molar-refractivity contribution in [3.63, 3.8) is 0 Å². The summed E-state index contributed by atoms with van der Waals surface area (Å²) in [6.45, 7) is 0.125. The molecule has 1 N–H and O–H groups in total. The number of aldehydes is 1. The number of nitrogens with zero attached hydrogens (tertiary/aromatic N) is 1. The van der Waals surface area contributed by atoms with Gasteiger partial charge in [-0.25, -0.2) is 13.1 Å². The molecule has 2 aromatic rings. The monoisotopic (exact) mass is 412 g/mol. The van der Waals surface area contributed by atoms with Crippen molar-refractivity contribution in [1.82, 2.24) is 9.29 Å². The van der Waals surface area contributed by atoms with Crippen LogP contribution in [0, 0.1) is 0 Å². The molecule has 1 aromatic carbocycles. The van der Waals surface area contributed by atoms with Crippen LogP contribution in [0.2, 0.25) is 5.02 Å². The average Bonchev–Trinajstić information content (AvgIpc) is 2.95. The Labute approximate surface area is 163 Å². The highest BCUT2D eigenvalue weighted by atomic mass is 35.5. The first-order chi connectivity index (χ1) is 12.8. The van der Waals surface area contributed by atoms with Gasteiger partial charge in [-0.3, -0.25) is 9.59 Å². The van der Waals surface area contributed by atoms with Gasteiger partial charge in [0.1, 0.15) is 0 Å². The van der Waals surface area contributed by atoms with Gasteiger partial charge in [0.15, 0.2) is 6.29 Å². The van der Waals surface area contributed by atoms with Crippen LogP contribution in [-0.4, -0.2) is 38.9 Å². The molecule has 0 spiro atoms. The Bertz CT molecular complexity index is 920. The van der Waals surface area contributed by atoms with E-state index >= 15 is 0 Å². The summed E-state index contributed by atoms with van der Waals surface area (Å²) in [5, 5.41) is 0.452. The van der Waals surface area contributed by atoms with Crippen LogP contribution in [0.5, 0.6) is 0 Å². The van der Waals surface area contributed by atoms with Crippen LogP contribution < -0.4 is 4.72 Å². The maximum atomic E-state index is 12.3. The highest BCUT2D eigenvalue weighted by Gasteiger charge is 2.16. The van der Waals surface area contributed by atoms with E-state index in [1.165, 1.54) is 31.4 Å². The van der Waals surface area contributed by atoms with Crippen molar-refractivity contribution < 1.29 is 22.7 Å². The molecule has 0 saturated heterocycles. The Morgan fingerprint density at radius 1 is 1.26 bits per heavy atom. The Hall–Kier alpha value is -2.16. The van der Waals surface area contributed by atoms with Crippen molar-refractivity contribution in [3.8, 4) is 0 Å². The quantitative estimate of drug-likeness (QED) is 0.503. The Morgan fingerprint density at radius 2 is 1.93 bits per heavy atom. The third-order valence-electron chi connectivity index (χ3n) is 4.21. The van der Waals surface area contributed by atoms with Crippen molar-refractivity contribution in [2.75, 3.05) is 13.7 Å². The van der Waals surface area contributed by atoms with Crippen LogP contribution in [0.4, 0.5) is 0 Å². The lowest BCUT2D eigenvalue weighted by Crippen LogP contribution is -2.26. The van der Waals surface area contributed by atoms with E-state index in [0.717, 1.165) is 12.0 Å². The van der Waals surface area contributed by atoms with Crippen LogP contribution in [-0.2, 0) is 39.4 Å². The Balaban J connectivity index is 2.06. The largest absolute Gasteiger partial charge is 0.469 e. The molecular formula is C18H21ClN2O5S. The van der Waals surface area contributed by atoms with E-state index in [9.17, 15) is 18.0 Å². The van der Waals surface area contributed by atoms with E-state index < -0.39 is 10.0 Å². The van der Waals surface area contributed by atoms with Crippen molar-refractivity contribution >= 4 is 33.9 Å². The van der Waals surface area contributed by atoms with Gasteiger partial charge in [-0.05, 0) is 36.8 Å². The van der Waals surface area contributed by atoms with Gasteiger partial charge in [0.2, 0.25) is 10.0 Å². The van der Waals surface area contributed by atoms with Crippen molar-refractivity contribution in [2.24, 2.45) is 7.05 Å². The SMILES string of the molecule is COC(=O)CCc1cc(C=O)c(CCNS(=O)(=O)c2ccc(Cl)cc2)n1C. The normalized spacial score (nSPS) is 11.4. The number of carbonyl (C=O) groups is 2. The third-order valence-corrected chi connectivity index (χ3v) is 5.94. The minimum atomic E-state index is -3.67. The Morgan fingerprint density at radius 3 is 2.52 bits per heavy atom. The summed E-state index contributed by atoms with van der Waals surface area (Å²) in [6.07, 6.45) is 1.69. The zero-order chi connectivity index (χ0) is 20.0. The fourth-order valence-electron chi connectivity index (χ4n) is 2.71. The molecule has 0 atom stereocenters. The van der Waals surface area contributed by atoms with Gasteiger partial charge in [-0.2, -0.15) is 0 Å². The Kier molecular flexibility index (Phi) is 7.18. The molecule has 0 bridgehead atoms. The second kappa shape index (κ2) is 9.16. The van der Waals surface area contributed by atoms with E-state index in [0.29, 0.717) is 29.1 Å². The van der Waals surface area contributed by atoms with Crippen molar-refractivity contribution in [2.45, 2.75) is 24.2 Å². The summed E-state index contributed by atoms with van der Waals surface area (Å²) in [6, 6.07) is 7.57. The number of aryl methyl sites for hydroxylation is 1.